The van der Waals surface area contributed by atoms with Gasteiger partial charge in [-0.1, -0.05) is 13.3 Å². The molecule has 0 saturated heterocycles. The van der Waals surface area contributed by atoms with Crippen molar-refractivity contribution in [1.29, 1.82) is 0 Å². The zero-order valence-electron chi connectivity index (χ0n) is 7.79. The molecule has 1 rings (SSSR count). The van der Waals surface area contributed by atoms with Crippen molar-refractivity contribution in [1.82, 2.24) is 0 Å². The van der Waals surface area contributed by atoms with Crippen LogP contribution in [0.15, 0.2) is 0 Å². The fourth-order valence-corrected chi connectivity index (χ4v) is 3.78. The first-order valence-electron chi connectivity index (χ1n) is 4.86. The van der Waals surface area contributed by atoms with Gasteiger partial charge in [0.05, 0.1) is 0 Å². The van der Waals surface area contributed by atoms with Gasteiger partial charge in [0.15, 0.2) is 0 Å². The molecule has 0 spiro atoms. The number of rotatable bonds is 4. The Morgan fingerprint density at radius 3 is 2.83 bits per heavy atom. The number of hydrogen-bond acceptors (Lipinski definition) is 2. The third kappa shape index (κ3) is 2.30. The average Bonchev–Trinajstić information content (AvgIpc) is 2.51. The molecule has 1 aliphatic rings. The maximum Gasteiger partial charge on any atom is 0.0388 e. The van der Waals surface area contributed by atoms with Gasteiger partial charge in [0.1, 0.15) is 0 Å². The van der Waals surface area contributed by atoms with Gasteiger partial charge in [-0.2, -0.15) is 0 Å². The summed E-state index contributed by atoms with van der Waals surface area (Å²) >= 11 is 0. The second kappa shape index (κ2) is 4.97. The highest BCUT2D eigenvalue weighted by Gasteiger charge is 2.29. The van der Waals surface area contributed by atoms with Gasteiger partial charge >= 0.3 is 0 Å². The normalized spacial score (nSPS) is 32.2. The van der Waals surface area contributed by atoms with Gasteiger partial charge in [-0.15, -0.1) is 0 Å². The van der Waals surface area contributed by atoms with Crippen molar-refractivity contribution in [2.45, 2.75) is 37.9 Å². The summed E-state index contributed by atoms with van der Waals surface area (Å²) in [6.45, 7) is 2.81. The molecule has 2 nitrogen and oxygen atoms in total. The molecule has 0 aromatic carbocycles. The van der Waals surface area contributed by atoms with Crippen LogP contribution in [0.2, 0.25) is 0 Å². The van der Waals surface area contributed by atoms with Crippen LogP contribution >= 0.6 is 0 Å². The van der Waals surface area contributed by atoms with Gasteiger partial charge in [-0.3, -0.25) is 4.21 Å². The van der Waals surface area contributed by atoms with Crippen LogP contribution in [0.3, 0.4) is 0 Å². The van der Waals surface area contributed by atoms with Crippen molar-refractivity contribution in [2.75, 3.05) is 12.3 Å². The summed E-state index contributed by atoms with van der Waals surface area (Å²) in [6.07, 6.45) is 4.58. The van der Waals surface area contributed by atoms with Crippen LogP contribution in [0.4, 0.5) is 0 Å². The van der Waals surface area contributed by atoms with E-state index in [0.717, 1.165) is 25.1 Å². The zero-order chi connectivity index (χ0) is 8.97. The summed E-state index contributed by atoms with van der Waals surface area (Å²) in [4.78, 5) is 0. The van der Waals surface area contributed by atoms with E-state index < -0.39 is 10.8 Å². The predicted octanol–water partition coefficient (Wildman–Crippen LogP) is 1.27. The molecule has 0 aromatic rings. The Balaban J connectivity index is 2.43. The Morgan fingerprint density at radius 1 is 1.50 bits per heavy atom. The van der Waals surface area contributed by atoms with Crippen molar-refractivity contribution in [3.63, 3.8) is 0 Å². The first-order valence-corrected chi connectivity index (χ1v) is 6.25. The summed E-state index contributed by atoms with van der Waals surface area (Å²) in [5.41, 5.74) is 5.62. The summed E-state index contributed by atoms with van der Waals surface area (Å²) in [5, 5.41) is 0.412. The molecule has 0 heterocycles. The van der Waals surface area contributed by atoms with Crippen LogP contribution < -0.4 is 5.73 Å². The molecule has 3 unspecified atom stereocenters. The lowest BCUT2D eigenvalue weighted by atomic mass is 10.1. The highest BCUT2D eigenvalue weighted by atomic mass is 32.2. The van der Waals surface area contributed by atoms with Gasteiger partial charge in [0.25, 0.3) is 0 Å². The van der Waals surface area contributed by atoms with Crippen LogP contribution in [-0.4, -0.2) is 21.8 Å². The topological polar surface area (TPSA) is 43.1 Å². The van der Waals surface area contributed by atoms with Gasteiger partial charge < -0.3 is 5.73 Å². The van der Waals surface area contributed by atoms with Crippen LogP contribution in [0, 0.1) is 5.92 Å². The fraction of sp³-hybridized carbons (Fsp3) is 1.00. The Bertz CT molecular complexity index is 161. The average molecular weight is 189 g/mol. The largest absolute Gasteiger partial charge is 0.330 e. The van der Waals surface area contributed by atoms with Crippen molar-refractivity contribution in [3.05, 3.63) is 0 Å². The second-order valence-corrected chi connectivity index (χ2v) is 5.33. The van der Waals surface area contributed by atoms with E-state index in [1.165, 1.54) is 12.8 Å². The highest BCUT2D eigenvalue weighted by molar-refractivity contribution is 7.85. The number of nitrogens with two attached hydrogens (primary N) is 1. The van der Waals surface area contributed by atoms with E-state index in [2.05, 4.69) is 6.92 Å². The quantitative estimate of drug-likeness (QED) is 0.724. The minimum Gasteiger partial charge on any atom is -0.330 e. The molecule has 0 aliphatic heterocycles. The van der Waals surface area contributed by atoms with Gasteiger partial charge in [-0.05, 0) is 31.7 Å². The third-order valence-corrected chi connectivity index (χ3v) is 4.74. The van der Waals surface area contributed by atoms with E-state index in [9.17, 15) is 4.21 Å². The fourth-order valence-electron chi connectivity index (χ4n) is 1.97. The monoisotopic (exact) mass is 189 g/mol. The Morgan fingerprint density at radius 2 is 2.25 bits per heavy atom. The zero-order valence-corrected chi connectivity index (χ0v) is 8.61. The van der Waals surface area contributed by atoms with E-state index >= 15 is 0 Å². The van der Waals surface area contributed by atoms with Crippen LogP contribution in [0.5, 0.6) is 0 Å². The maximum absolute atomic E-state index is 11.7. The molecular weight excluding hydrogens is 170 g/mol. The van der Waals surface area contributed by atoms with Crippen molar-refractivity contribution < 1.29 is 4.21 Å². The van der Waals surface area contributed by atoms with Crippen LogP contribution in [0.25, 0.3) is 0 Å². The molecule has 3 atom stereocenters. The summed E-state index contributed by atoms with van der Waals surface area (Å²) in [6, 6.07) is 0. The van der Waals surface area contributed by atoms with Crippen molar-refractivity contribution in [2.24, 2.45) is 11.7 Å². The predicted molar refractivity (Wildman–Crippen MR) is 53.5 cm³/mol. The molecule has 2 N–H and O–H groups in total. The van der Waals surface area contributed by atoms with Crippen LogP contribution in [0.1, 0.15) is 32.6 Å². The lowest BCUT2D eigenvalue weighted by molar-refractivity contribution is 0.557. The summed E-state index contributed by atoms with van der Waals surface area (Å²) < 4.78 is 11.7. The SMILES string of the molecule is CCCS(=O)C1CCCC1CN. The second-order valence-electron chi connectivity index (χ2n) is 3.55. The van der Waals surface area contributed by atoms with Gasteiger partial charge in [0, 0.05) is 21.8 Å². The molecule has 0 amide bonds. The van der Waals surface area contributed by atoms with E-state index in [4.69, 9.17) is 5.73 Å². The van der Waals surface area contributed by atoms with E-state index in [-0.39, 0.29) is 0 Å². The lowest BCUT2D eigenvalue weighted by Crippen LogP contribution is -2.27. The van der Waals surface area contributed by atoms with Crippen molar-refractivity contribution >= 4 is 10.8 Å². The maximum atomic E-state index is 11.7. The van der Waals surface area contributed by atoms with Gasteiger partial charge in [-0.25, -0.2) is 0 Å². The molecule has 0 radical (unpaired) electrons. The van der Waals surface area contributed by atoms with Crippen molar-refractivity contribution in [3.8, 4) is 0 Å². The van der Waals surface area contributed by atoms with E-state index in [0.29, 0.717) is 11.2 Å². The minimum atomic E-state index is -0.605. The molecule has 1 saturated carbocycles. The highest BCUT2D eigenvalue weighted by Crippen LogP contribution is 2.29. The molecule has 0 aromatic heterocycles. The molecule has 12 heavy (non-hydrogen) atoms. The summed E-state index contributed by atoms with van der Waals surface area (Å²) in [5.74, 6) is 1.40. The van der Waals surface area contributed by atoms with E-state index in [1.807, 2.05) is 0 Å². The Kier molecular flexibility index (Phi) is 4.22. The lowest BCUT2D eigenvalue weighted by Gasteiger charge is -2.16. The molecule has 1 aliphatic carbocycles. The standard InChI is InChI=1S/C9H19NOS/c1-2-6-12(11)9-5-3-4-8(9)7-10/h8-9H,2-7,10H2,1H3. The third-order valence-electron chi connectivity index (χ3n) is 2.64. The van der Waals surface area contributed by atoms with E-state index in [1.54, 1.807) is 0 Å². The first-order chi connectivity index (χ1) is 5.79. The molecule has 3 heteroatoms. The molecular formula is C9H19NOS. The van der Waals surface area contributed by atoms with Gasteiger partial charge in [0.2, 0.25) is 0 Å². The first kappa shape index (κ1) is 10.2. The molecule has 1 fully saturated rings. The number of hydrogen-bond donors (Lipinski definition) is 1. The smallest absolute Gasteiger partial charge is 0.0388 e. The summed E-state index contributed by atoms with van der Waals surface area (Å²) in [7, 11) is -0.605. The Hall–Kier alpha value is 0.110. The molecule has 0 bridgehead atoms. The molecule has 72 valence electrons. The Labute approximate surface area is 77.4 Å². The minimum absolute atomic E-state index is 0.412. The van der Waals surface area contributed by atoms with Crippen LogP contribution in [-0.2, 0) is 10.8 Å².